The number of halogens is 4. The van der Waals surface area contributed by atoms with Crippen LogP contribution in [0.15, 0.2) is 115 Å². The quantitative estimate of drug-likeness (QED) is 0.286. The minimum Gasteiger partial charge on any atom is -0.203 e. The molecule has 2 rings (SSSR count). The first-order valence-electron chi connectivity index (χ1n) is 9.72. The van der Waals surface area contributed by atoms with Crippen molar-refractivity contribution < 1.29 is 17.6 Å². The number of rotatable bonds is 8. The fraction of sp³-hybridized carbons (Fsp3) is 0.0714. The molecule has 2 aromatic carbocycles. The Bertz CT molecular complexity index is 1170. The monoisotopic (exact) mass is 436 g/mol. The third kappa shape index (κ3) is 5.94. The van der Waals surface area contributed by atoms with E-state index in [9.17, 15) is 17.6 Å². The Labute approximate surface area is 186 Å². The minimum atomic E-state index is -1.14. The molecule has 0 amide bonds. The Balaban J connectivity index is 2.15. The largest absolute Gasteiger partial charge is 0.203 e. The molecule has 0 spiro atoms. The van der Waals surface area contributed by atoms with E-state index in [2.05, 4.69) is 26.3 Å². The molecule has 0 radical (unpaired) electrons. The molecule has 164 valence electrons. The molecule has 0 atom stereocenters. The molecule has 0 fully saturated rings. The standard InChI is InChI=1S/C28H24F4/c1-17(2)25(29)26(30)21(6)20(5)11-7-18(3)10-14-23-15-16-24(28(32)27(23)31)22-12-8-19(4)9-13-22/h7-16H,1,3,5-6H2,2,4H3/b11-7-,14-10+,26-25-. The molecule has 0 aliphatic carbocycles. The Morgan fingerprint density at radius 1 is 0.781 bits per heavy atom. The molecule has 0 N–H and O–H groups in total. The van der Waals surface area contributed by atoms with Gasteiger partial charge in [-0.15, -0.1) is 0 Å². The molecule has 0 saturated heterocycles. The van der Waals surface area contributed by atoms with E-state index in [0.29, 0.717) is 11.1 Å². The highest BCUT2D eigenvalue weighted by Crippen LogP contribution is 2.28. The van der Waals surface area contributed by atoms with Crippen molar-refractivity contribution in [3.63, 3.8) is 0 Å². The first-order chi connectivity index (χ1) is 15.0. The first-order valence-corrected chi connectivity index (χ1v) is 9.72. The second kappa shape index (κ2) is 10.6. The van der Waals surface area contributed by atoms with Gasteiger partial charge in [-0.1, -0.05) is 92.6 Å². The van der Waals surface area contributed by atoms with Gasteiger partial charge in [-0.05, 0) is 36.1 Å². The summed E-state index contributed by atoms with van der Waals surface area (Å²) in [6.07, 6.45) is 5.72. The van der Waals surface area contributed by atoms with E-state index in [1.54, 1.807) is 12.1 Å². The lowest BCUT2D eigenvalue weighted by atomic mass is 10.0. The van der Waals surface area contributed by atoms with Crippen LogP contribution in [0.1, 0.15) is 18.1 Å². The van der Waals surface area contributed by atoms with Gasteiger partial charge < -0.3 is 0 Å². The van der Waals surface area contributed by atoms with Crippen LogP contribution in [0.4, 0.5) is 17.6 Å². The van der Waals surface area contributed by atoms with Crippen LogP contribution in [-0.2, 0) is 0 Å². The molecule has 0 saturated carbocycles. The van der Waals surface area contributed by atoms with E-state index in [1.807, 2.05) is 19.1 Å². The van der Waals surface area contributed by atoms with Gasteiger partial charge in [0.25, 0.3) is 0 Å². The average Bonchev–Trinajstić information content (AvgIpc) is 2.77. The normalized spacial score (nSPS) is 12.2. The number of allylic oxidation sites excluding steroid dienone is 9. The molecule has 0 aliphatic rings. The Kier molecular flexibility index (Phi) is 8.14. The van der Waals surface area contributed by atoms with Crippen LogP contribution in [-0.4, -0.2) is 0 Å². The van der Waals surface area contributed by atoms with Gasteiger partial charge >= 0.3 is 0 Å². The zero-order valence-electron chi connectivity index (χ0n) is 18.1. The van der Waals surface area contributed by atoms with E-state index in [1.165, 1.54) is 43.4 Å². The average molecular weight is 436 g/mol. The van der Waals surface area contributed by atoms with Gasteiger partial charge in [0.05, 0.1) is 0 Å². The Morgan fingerprint density at radius 3 is 2.00 bits per heavy atom. The van der Waals surface area contributed by atoms with Gasteiger partial charge in [-0.25, -0.2) is 17.6 Å². The SMILES string of the molecule is C=C(/C=C\C(=C)C(=C)/C(F)=C(/F)C(=C)C)/C=C/c1ccc(-c2ccc(C)cc2)c(F)c1F. The summed E-state index contributed by atoms with van der Waals surface area (Å²) < 4.78 is 56.7. The van der Waals surface area contributed by atoms with Crippen molar-refractivity contribution in [2.45, 2.75) is 13.8 Å². The molecular weight excluding hydrogens is 412 g/mol. The predicted molar refractivity (Wildman–Crippen MR) is 126 cm³/mol. The van der Waals surface area contributed by atoms with Crippen molar-refractivity contribution in [2.24, 2.45) is 0 Å². The molecule has 0 aliphatic heterocycles. The van der Waals surface area contributed by atoms with Crippen molar-refractivity contribution >= 4 is 6.08 Å². The lowest BCUT2D eigenvalue weighted by Gasteiger charge is -2.07. The first kappa shape index (κ1) is 24.6. The van der Waals surface area contributed by atoms with E-state index in [4.69, 9.17) is 0 Å². The Morgan fingerprint density at radius 2 is 1.41 bits per heavy atom. The van der Waals surface area contributed by atoms with Crippen molar-refractivity contribution in [3.8, 4) is 11.1 Å². The number of hydrogen-bond acceptors (Lipinski definition) is 0. The number of aryl methyl sites for hydroxylation is 1. The third-order valence-corrected chi connectivity index (χ3v) is 4.67. The van der Waals surface area contributed by atoms with Crippen LogP contribution in [0, 0.1) is 18.6 Å². The zero-order chi connectivity index (χ0) is 24.0. The molecule has 0 heterocycles. The van der Waals surface area contributed by atoms with Crippen LogP contribution >= 0.6 is 0 Å². The van der Waals surface area contributed by atoms with Gasteiger partial charge in [0.2, 0.25) is 0 Å². The molecule has 0 bridgehead atoms. The van der Waals surface area contributed by atoms with Crippen molar-refractivity contribution in [1.82, 2.24) is 0 Å². The van der Waals surface area contributed by atoms with Gasteiger partial charge in [0.15, 0.2) is 23.3 Å². The van der Waals surface area contributed by atoms with Crippen LogP contribution in [0.2, 0.25) is 0 Å². The molecule has 0 aromatic heterocycles. The van der Waals surface area contributed by atoms with Gasteiger partial charge in [0.1, 0.15) is 0 Å². The topological polar surface area (TPSA) is 0 Å². The fourth-order valence-corrected chi connectivity index (χ4v) is 2.67. The summed E-state index contributed by atoms with van der Waals surface area (Å²) in [5.41, 5.74) is 2.08. The smallest absolute Gasteiger partial charge is 0.167 e. The molecule has 2 aromatic rings. The zero-order valence-corrected chi connectivity index (χ0v) is 18.1. The second-order valence-corrected chi connectivity index (χ2v) is 7.35. The molecule has 0 nitrogen and oxygen atoms in total. The second-order valence-electron chi connectivity index (χ2n) is 7.35. The summed E-state index contributed by atoms with van der Waals surface area (Å²) in [6.45, 7) is 17.5. The van der Waals surface area contributed by atoms with Crippen LogP contribution < -0.4 is 0 Å². The molecule has 32 heavy (non-hydrogen) atoms. The maximum Gasteiger partial charge on any atom is 0.167 e. The van der Waals surface area contributed by atoms with E-state index in [-0.39, 0.29) is 27.8 Å². The van der Waals surface area contributed by atoms with Crippen LogP contribution in [0.25, 0.3) is 17.2 Å². The Hall–Kier alpha value is -3.66. The van der Waals surface area contributed by atoms with Crippen molar-refractivity contribution in [2.75, 3.05) is 0 Å². The maximum absolute atomic E-state index is 14.6. The van der Waals surface area contributed by atoms with Gasteiger partial charge in [-0.2, -0.15) is 0 Å². The summed E-state index contributed by atoms with van der Waals surface area (Å²) in [7, 11) is 0. The summed E-state index contributed by atoms with van der Waals surface area (Å²) in [6, 6.07) is 10.1. The van der Waals surface area contributed by atoms with Crippen molar-refractivity contribution in [3.05, 3.63) is 138 Å². The lowest BCUT2D eigenvalue weighted by molar-refractivity contribution is 0.509. The van der Waals surface area contributed by atoms with E-state index < -0.39 is 23.3 Å². The third-order valence-electron chi connectivity index (χ3n) is 4.67. The van der Waals surface area contributed by atoms with Crippen LogP contribution in [0.5, 0.6) is 0 Å². The molecule has 0 unspecified atom stereocenters. The van der Waals surface area contributed by atoms with E-state index in [0.717, 1.165) is 5.56 Å². The summed E-state index contributed by atoms with van der Waals surface area (Å²) in [4.78, 5) is 0. The number of benzene rings is 2. The maximum atomic E-state index is 14.6. The van der Waals surface area contributed by atoms with Crippen molar-refractivity contribution in [1.29, 1.82) is 0 Å². The minimum absolute atomic E-state index is 0.0497. The molecular formula is C28H24F4. The highest BCUT2D eigenvalue weighted by Gasteiger charge is 2.14. The highest BCUT2D eigenvalue weighted by molar-refractivity contribution is 5.68. The highest BCUT2D eigenvalue weighted by atomic mass is 19.2. The summed E-state index contributed by atoms with van der Waals surface area (Å²) in [5, 5.41) is 0. The van der Waals surface area contributed by atoms with Gasteiger partial charge in [0, 0.05) is 16.7 Å². The lowest BCUT2D eigenvalue weighted by Crippen LogP contribution is -1.93. The molecule has 4 heteroatoms. The van der Waals surface area contributed by atoms with E-state index >= 15 is 0 Å². The summed E-state index contributed by atoms with van der Waals surface area (Å²) in [5.74, 6) is -4.14. The fourth-order valence-electron chi connectivity index (χ4n) is 2.67. The predicted octanol–water partition coefficient (Wildman–Crippen LogP) is 8.90. The van der Waals surface area contributed by atoms with Crippen LogP contribution in [0.3, 0.4) is 0 Å². The number of hydrogen-bond donors (Lipinski definition) is 0. The summed E-state index contributed by atoms with van der Waals surface area (Å²) >= 11 is 0. The van der Waals surface area contributed by atoms with Gasteiger partial charge in [-0.3, -0.25) is 0 Å².